The summed E-state index contributed by atoms with van der Waals surface area (Å²) >= 11 is 0. The van der Waals surface area contributed by atoms with Gasteiger partial charge in [-0.25, -0.2) is 4.79 Å². The second kappa shape index (κ2) is 5.97. The molecule has 1 fully saturated rings. The molecule has 2 heterocycles. The molecule has 1 N–H and O–H groups in total. The zero-order chi connectivity index (χ0) is 13.0. The minimum absolute atomic E-state index is 0.189. The highest BCUT2D eigenvalue weighted by Gasteiger charge is 2.24. The molecular weight excluding hydrogens is 234 g/mol. The SMILES string of the molecule is COC(=O)C(NCC1CCCO1)c1cnn(C)c1. The van der Waals surface area contributed by atoms with Crippen molar-refractivity contribution in [1.82, 2.24) is 15.1 Å². The molecule has 1 aromatic heterocycles. The van der Waals surface area contributed by atoms with E-state index in [0.717, 1.165) is 25.0 Å². The van der Waals surface area contributed by atoms with Crippen LogP contribution >= 0.6 is 0 Å². The third kappa shape index (κ3) is 3.08. The number of hydrogen-bond donors (Lipinski definition) is 1. The van der Waals surface area contributed by atoms with E-state index >= 15 is 0 Å². The van der Waals surface area contributed by atoms with Gasteiger partial charge in [-0.3, -0.25) is 10.00 Å². The number of esters is 1. The molecule has 2 atom stereocenters. The van der Waals surface area contributed by atoms with E-state index in [9.17, 15) is 4.79 Å². The summed E-state index contributed by atoms with van der Waals surface area (Å²) < 4.78 is 12.0. The van der Waals surface area contributed by atoms with Crippen LogP contribution in [0, 0.1) is 0 Å². The zero-order valence-corrected chi connectivity index (χ0v) is 10.8. The van der Waals surface area contributed by atoms with Crippen LogP contribution in [-0.4, -0.2) is 42.1 Å². The number of rotatable bonds is 5. The van der Waals surface area contributed by atoms with Gasteiger partial charge in [0.05, 0.1) is 19.4 Å². The van der Waals surface area contributed by atoms with Crippen LogP contribution in [0.1, 0.15) is 24.4 Å². The van der Waals surface area contributed by atoms with Crippen LogP contribution in [0.5, 0.6) is 0 Å². The number of carbonyl (C=O) groups is 1. The van der Waals surface area contributed by atoms with E-state index in [4.69, 9.17) is 9.47 Å². The van der Waals surface area contributed by atoms with Gasteiger partial charge in [-0.1, -0.05) is 0 Å². The fourth-order valence-corrected chi connectivity index (χ4v) is 2.10. The van der Waals surface area contributed by atoms with Gasteiger partial charge in [0.15, 0.2) is 0 Å². The first-order valence-electron chi connectivity index (χ1n) is 6.12. The third-order valence-corrected chi connectivity index (χ3v) is 3.07. The fraction of sp³-hybridized carbons (Fsp3) is 0.667. The molecule has 1 aromatic rings. The summed E-state index contributed by atoms with van der Waals surface area (Å²) in [5, 5.41) is 7.26. The van der Waals surface area contributed by atoms with Gasteiger partial charge in [0.1, 0.15) is 6.04 Å². The molecule has 2 rings (SSSR count). The number of hydrogen-bond acceptors (Lipinski definition) is 5. The Kier molecular flexibility index (Phi) is 4.33. The predicted molar refractivity (Wildman–Crippen MR) is 64.9 cm³/mol. The highest BCUT2D eigenvalue weighted by Crippen LogP contribution is 2.16. The van der Waals surface area contributed by atoms with E-state index in [-0.39, 0.29) is 12.1 Å². The van der Waals surface area contributed by atoms with Gasteiger partial charge in [0, 0.05) is 32.0 Å². The van der Waals surface area contributed by atoms with Crippen molar-refractivity contribution in [3.8, 4) is 0 Å². The Balaban J connectivity index is 1.98. The Morgan fingerprint density at radius 1 is 1.78 bits per heavy atom. The predicted octanol–water partition coefficient (Wildman–Crippen LogP) is 0.403. The van der Waals surface area contributed by atoms with Crippen molar-refractivity contribution in [2.24, 2.45) is 7.05 Å². The third-order valence-electron chi connectivity index (χ3n) is 3.07. The van der Waals surface area contributed by atoms with Crippen LogP contribution in [-0.2, 0) is 21.3 Å². The summed E-state index contributed by atoms with van der Waals surface area (Å²) in [6.07, 6.45) is 5.79. The first kappa shape index (κ1) is 13.0. The maximum absolute atomic E-state index is 11.8. The Morgan fingerprint density at radius 3 is 3.17 bits per heavy atom. The molecule has 0 aliphatic carbocycles. The van der Waals surface area contributed by atoms with Crippen LogP contribution < -0.4 is 5.32 Å². The molecule has 0 spiro atoms. The maximum atomic E-state index is 11.8. The Morgan fingerprint density at radius 2 is 2.61 bits per heavy atom. The van der Waals surface area contributed by atoms with Crippen molar-refractivity contribution in [2.75, 3.05) is 20.3 Å². The molecule has 0 radical (unpaired) electrons. The van der Waals surface area contributed by atoms with Gasteiger partial charge < -0.3 is 9.47 Å². The molecule has 6 nitrogen and oxygen atoms in total. The van der Waals surface area contributed by atoms with Crippen LogP contribution in [0.15, 0.2) is 12.4 Å². The van der Waals surface area contributed by atoms with Crippen LogP contribution in [0.4, 0.5) is 0 Å². The quantitative estimate of drug-likeness (QED) is 0.770. The first-order valence-corrected chi connectivity index (χ1v) is 6.12. The van der Waals surface area contributed by atoms with Crippen molar-refractivity contribution in [2.45, 2.75) is 25.0 Å². The smallest absolute Gasteiger partial charge is 0.327 e. The van der Waals surface area contributed by atoms with Gasteiger partial charge in [-0.2, -0.15) is 5.10 Å². The standard InChI is InChI=1S/C12H19N3O3/c1-15-8-9(6-14-15)11(12(16)17-2)13-7-10-4-3-5-18-10/h6,8,10-11,13H,3-5,7H2,1-2H3. The molecule has 2 unspecified atom stereocenters. The minimum Gasteiger partial charge on any atom is -0.468 e. The maximum Gasteiger partial charge on any atom is 0.327 e. The number of nitrogens with one attached hydrogen (secondary N) is 1. The molecule has 6 heteroatoms. The van der Waals surface area contributed by atoms with Crippen molar-refractivity contribution < 1.29 is 14.3 Å². The van der Waals surface area contributed by atoms with Gasteiger partial charge >= 0.3 is 5.97 Å². The van der Waals surface area contributed by atoms with Crippen molar-refractivity contribution in [3.05, 3.63) is 18.0 Å². The van der Waals surface area contributed by atoms with Crippen LogP contribution in [0.2, 0.25) is 0 Å². The summed E-state index contributed by atoms with van der Waals surface area (Å²) in [5.74, 6) is -0.305. The lowest BCUT2D eigenvalue weighted by atomic mass is 10.1. The summed E-state index contributed by atoms with van der Waals surface area (Å²) in [6.45, 7) is 1.46. The van der Waals surface area contributed by atoms with E-state index in [0.29, 0.717) is 6.54 Å². The summed E-state index contributed by atoms with van der Waals surface area (Å²) in [6, 6.07) is -0.479. The normalized spacial score (nSPS) is 20.9. The Bertz CT molecular complexity index is 399. The van der Waals surface area contributed by atoms with Crippen molar-refractivity contribution in [1.29, 1.82) is 0 Å². The second-order valence-electron chi connectivity index (χ2n) is 4.45. The molecule has 100 valence electrons. The molecule has 0 bridgehead atoms. The minimum atomic E-state index is -0.479. The lowest BCUT2D eigenvalue weighted by molar-refractivity contribution is -0.143. The molecule has 0 saturated carbocycles. The van der Waals surface area contributed by atoms with E-state index in [2.05, 4.69) is 10.4 Å². The molecular formula is C12H19N3O3. The van der Waals surface area contributed by atoms with Crippen molar-refractivity contribution >= 4 is 5.97 Å². The number of aryl methyl sites for hydroxylation is 1. The topological polar surface area (TPSA) is 65.4 Å². The summed E-state index contributed by atoms with van der Waals surface area (Å²) in [7, 11) is 3.21. The fourth-order valence-electron chi connectivity index (χ4n) is 2.10. The molecule has 1 aliphatic heterocycles. The highest BCUT2D eigenvalue weighted by atomic mass is 16.5. The average molecular weight is 253 g/mol. The van der Waals surface area contributed by atoms with E-state index in [1.54, 1.807) is 10.9 Å². The average Bonchev–Trinajstić information content (AvgIpc) is 3.01. The van der Waals surface area contributed by atoms with Gasteiger partial charge in [0.2, 0.25) is 0 Å². The number of carbonyl (C=O) groups excluding carboxylic acids is 1. The Labute approximate surface area is 106 Å². The van der Waals surface area contributed by atoms with Crippen molar-refractivity contribution in [3.63, 3.8) is 0 Å². The second-order valence-corrected chi connectivity index (χ2v) is 4.45. The number of ether oxygens (including phenoxy) is 2. The lowest BCUT2D eigenvalue weighted by Gasteiger charge is -2.17. The highest BCUT2D eigenvalue weighted by molar-refractivity contribution is 5.77. The Hall–Kier alpha value is -1.40. The van der Waals surface area contributed by atoms with E-state index < -0.39 is 6.04 Å². The zero-order valence-electron chi connectivity index (χ0n) is 10.8. The van der Waals surface area contributed by atoms with E-state index in [1.807, 2.05) is 13.2 Å². The lowest BCUT2D eigenvalue weighted by Crippen LogP contribution is -2.35. The first-order chi connectivity index (χ1) is 8.70. The van der Waals surface area contributed by atoms with Crippen LogP contribution in [0.3, 0.4) is 0 Å². The molecule has 18 heavy (non-hydrogen) atoms. The van der Waals surface area contributed by atoms with Gasteiger partial charge in [-0.15, -0.1) is 0 Å². The van der Waals surface area contributed by atoms with Gasteiger partial charge in [0.25, 0.3) is 0 Å². The van der Waals surface area contributed by atoms with Gasteiger partial charge in [-0.05, 0) is 12.8 Å². The molecule has 0 aromatic carbocycles. The number of nitrogens with zero attached hydrogens (tertiary/aromatic N) is 2. The number of aromatic nitrogens is 2. The molecule has 0 amide bonds. The van der Waals surface area contributed by atoms with Crippen LogP contribution in [0.25, 0.3) is 0 Å². The summed E-state index contributed by atoms with van der Waals surface area (Å²) in [4.78, 5) is 11.8. The molecule has 1 saturated heterocycles. The largest absolute Gasteiger partial charge is 0.468 e. The summed E-state index contributed by atoms with van der Waals surface area (Å²) in [5.41, 5.74) is 0.808. The number of methoxy groups -OCH3 is 1. The molecule has 1 aliphatic rings. The van der Waals surface area contributed by atoms with E-state index in [1.165, 1.54) is 7.11 Å². The monoisotopic (exact) mass is 253 g/mol.